The first-order valence-electron chi connectivity index (χ1n) is 12.9. The molecule has 1 heterocycles. The second-order valence-corrected chi connectivity index (χ2v) is 14.7. The first-order chi connectivity index (χ1) is 20.7. The zero-order valence-corrected chi connectivity index (χ0v) is 25.7. The van der Waals surface area contributed by atoms with Crippen LogP contribution in [0, 0.1) is 10.2 Å². The van der Waals surface area contributed by atoms with Gasteiger partial charge >= 0.3 is 0 Å². The Labute approximate surface area is 261 Å². The number of rotatable bonds is 7. The molecule has 0 spiro atoms. The Bertz CT molecular complexity index is 1630. The van der Waals surface area contributed by atoms with Gasteiger partial charge in [-0.05, 0) is 84.6 Å². The van der Waals surface area contributed by atoms with Crippen LogP contribution in [0.4, 0.5) is 0 Å². The lowest BCUT2D eigenvalue weighted by Gasteiger charge is -2.25. The molecule has 6 rings (SSSR count). The fourth-order valence-corrected chi connectivity index (χ4v) is 10.1. The van der Waals surface area contributed by atoms with Crippen LogP contribution in [0.15, 0.2) is 160 Å². The topological polar surface area (TPSA) is 118 Å². The molecule has 6 aromatic rings. The summed E-state index contributed by atoms with van der Waals surface area (Å²) in [7, 11) is -7.39. The van der Waals surface area contributed by atoms with E-state index in [1.807, 2.05) is 54.6 Å². The quantitative estimate of drug-likeness (QED) is 0.244. The van der Waals surface area contributed by atoms with Gasteiger partial charge in [-0.3, -0.25) is 0 Å². The van der Waals surface area contributed by atoms with Crippen molar-refractivity contribution in [3.63, 3.8) is 0 Å². The summed E-state index contributed by atoms with van der Waals surface area (Å²) in [5.74, 6) is 0.615. The van der Waals surface area contributed by atoms with Gasteiger partial charge < -0.3 is 4.42 Å². The van der Waals surface area contributed by atoms with E-state index in [-0.39, 0.29) is 0 Å². The van der Waals surface area contributed by atoms with Gasteiger partial charge in [0.15, 0.2) is 7.26 Å². The monoisotopic (exact) mass is 647 g/mol. The maximum absolute atomic E-state index is 8.49. The van der Waals surface area contributed by atoms with Crippen LogP contribution in [0.3, 0.4) is 0 Å². The molecule has 0 N–H and O–H groups in total. The molecular formula is C33H24Cl2NO5PS. The van der Waals surface area contributed by atoms with Crippen LogP contribution in [-0.2, 0) is 0 Å². The lowest BCUT2D eigenvalue weighted by Crippen LogP contribution is -2.68. The summed E-state index contributed by atoms with van der Waals surface area (Å²) in [5, 5.41) is 5.17. The molecule has 0 saturated carbocycles. The third-order valence-corrected chi connectivity index (χ3v) is 11.9. The van der Waals surface area contributed by atoms with Crippen LogP contribution in [0.5, 0.6) is 0 Å². The average Bonchev–Trinajstić information content (AvgIpc) is 3.44. The second-order valence-electron chi connectivity index (χ2n) is 9.11. The molecule has 0 amide bonds. The predicted molar refractivity (Wildman–Crippen MR) is 162 cm³/mol. The highest BCUT2D eigenvalue weighted by Crippen LogP contribution is 2.56. The maximum Gasteiger partial charge on any atom is 0.251 e. The van der Waals surface area contributed by atoms with Gasteiger partial charge in [-0.1, -0.05) is 84.4 Å². The van der Waals surface area contributed by atoms with E-state index in [0.29, 0.717) is 10.9 Å². The number of halogens is 2. The van der Waals surface area contributed by atoms with Crippen LogP contribution in [-0.4, -0.2) is 4.98 Å². The molecule has 216 valence electrons. The molecule has 6 nitrogen and oxygen atoms in total. The number of hydrogen-bond donors (Lipinski definition) is 0. The van der Waals surface area contributed by atoms with E-state index >= 15 is 0 Å². The van der Waals surface area contributed by atoms with Crippen LogP contribution >= 0.6 is 30.6 Å². The van der Waals surface area contributed by atoms with Gasteiger partial charge in [-0.15, -0.1) is 10.2 Å². The lowest BCUT2D eigenvalue weighted by atomic mass is 10.2. The number of aromatic nitrogens is 1. The molecular weight excluding hydrogens is 624 g/mol. The van der Waals surface area contributed by atoms with Crippen molar-refractivity contribution in [2.24, 2.45) is 0 Å². The minimum Gasteiger partial charge on any atom is -0.425 e. The zero-order valence-electron chi connectivity index (χ0n) is 22.5. The lowest BCUT2D eigenvalue weighted by molar-refractivity contribution is -2.00. The minimum atomic E-state index is -4.94. The molecule has 0 atom stereocenters. The second kappa shape index (κ2) is 13.9. The molecule has 0 aliphatic heterocycles. The van der Waals surface area contributed by atoms with Crippen LogP contribution in [0.2, 0.25) is 5.02 Å². The van der Waals surface area contributed by atoms with Crippen molar-refractivity contribution < 1.29 is 33.3 Å². The molecule has 0 aliphatic rings. The summed E-state index contributed by atoms with van der Waals surface area (Å²) in [5.41, 5.74) is 1.91. The summed E-state index contributed by atoms with van der Waals surface area (Å²) in [6.07, 6.45) is 0. The summed E-state index contributed by atoms with van der Waals surface area (Å²) in [4.78, 5) is 6.37. The Morgan fingerprint density at radius 1 is 0.581 bits per heavy atom. The van der Waals surface area contributed by atoms with Gasteiger partial charge in [0.1, 0.15) is 15.9 Å². The first-order valence-corrected chi connectivity index (χ1v) is 17.1. The van der Waals surface area contributed by atoms with Crippen molar-refractivity contribution in [2.45, 2.75) is 9.99 Å². The van der Waals surface area contributed by atoms with Crippen LogP contribution in [0.1, 0.15) is 0 Å². The Morgan fingerprint density at radius 2 is 0.977 bits per heavy atom. The van der Waals surface area contributed by atoms with Gasteiger partial charge in [0.25, 0.3) is 5.44 Å². The smallest absolute Gasteiger partial charge is 0.251 e. The van der Waals surface area contributed by atoms with Gasteiger partial charge in [0.05, 0.1) is 0 Å². The van der Waals surface area contributed by atoms with Crippen molar-refractivity contribution in [1.82, 2.24) is 4.98 Å². The fourth-order valence-electron chi connectivity index (χ4n) is 4.66. The summed E-state index contributed by atoms with van der Waals surface area (Å²) in [6, 6.07) is 50.2. The largest absolute Gasteiger partial charge is 0.425 e. The van der Waals surface area contributed by atoms with Crippen molar-refractivity contribution in [1.29, 1.82) is 0 Å². The molecule has 0 fully saturated rings. The van der Waals surface area contributed by atoms with Gasteiger partial charge in [0.2, 0.25) is 11.0 Å². The minimum absolute atomic E-state index is 0.615. The third-order valence-electron chi connectivity index (χ3n) is 6.37. The normalized spacial score (nSPS) is 11.5. The standard InChI is InChI=1S/C33H24ClNOPS.ClHO4/c34-26-21-23-30(24-22-26)38-33-32(35-31(36-33)25-13-5-1-6-14-25)37(27-15-7-2-8-16-27,28-17-9-3-10-18-28)29-19-11-4-12-20-29;2-1(3,4)5/h1-24H;(H,2,3,4,5)/q+1;/p-1. The van der Waals surface area contributed by atoms with Crippen LogP contribution in [0.25, 0.3) is 11.5 Å². The Kier molecular flexibility index (Phi) is 9.98. The molecule has 0 unspecified atom stereocenters. The summed E-state index contributed by atoms with van der Waals surface area (Å²) in [6.45, 7) is 0. The van der Waals surface area contributed by atoms with Crippen molar-refractivity contribution in [3.05, 3.63) is 151 Å². The number of benzene rings is 5. The van der Waals surface area contributed by atoms with Crippen molar-refractivity contribution in [3.8, 4) is 11.5 Å². The molecule has 1 aromatic heterocycles. The Morgan fingerprint density at radius 3 is 1.40 bits per heavy atom. The Balaban J connectivity index is 0.000000682. The van der Waals surface area contributed by atoms with E-state index in [0.717, 1.165) is 21.0 Å². The summed E-state index contributed by atoms with van der Waals surface area (Å²) >= 11 is 7.79. The molecule has 0 aliphatic carbocycles. The number of hydrogen-bond acceptors (Lipinski definition) is 7. The first kappa shape index (κ1) is 31.0. The summed E-state index contributed by atoms with van der Waals surface area (Å²) < 4.78 is 40.6. The highest BCUT2D eigenvalue weighted by Gasteiger charge is 2.53. The highest BCUT2D eigenvalue weighted by molar-refractivity contribution is 8.04. The van der Waals surface area contributed by atoms with E-state index in [1.54, 1.807) is 11.8 Å². The molecule has 10 heteroatoms. The van der Waals surface area contributed by atoms with Crippen molar-refractivity contribution in [2.75, 3.05) is 0 Å². The van der Waals surface area contributed by atoms with E-state index < -0.39 is 17.5 Å². The highest BCUT2D eigenvalue weighted by atomic mass is 35.7. The third kappa shape index (κ3) is 7.54. The molecule has 0 radical (unpaired) electrons. The molecule has 43 heavy (non-hydrogen) atoms. The van der Waals surface area contributed by atoms with Crippen molar-refractivity contribution >= 4 is 52.0 Å². The fraction of sp³-hybridized carbons (Fsp3) is 0. The van der Waals surface area contributed by atoms with E-state index in [4.69, 9.17) is 39.6 Å². The molecule has 0 bridgehead atoms. The molecule has 0 saturated heterocycles. The van der Waals surface area contributed by atoms with Gasteiger partial charge in [-0.2, -0.15) is 4.98 Å². The predicted octanol–water partition coefficient (Wildman–Crippen LogP) is 3.01. The average molecular weight is 649 g/mol. The van der Waals surface area contributed by atoms with E-state index in [9.17, 15) is 0 Å². The number of oxazole rings is 1. The number of nitrogens with zero attached hydrogens (tertiary/aromatic N) is 1. The zero-order chi connectivity index (χ0) is 30.3. The van der Waals surface area contributed by atoms with E-state index in [2.05, 4.69) is 91.0 Å². The Hall–Kier alpha value is -3.49. The maximum atomic E-state index is 8.49. The van der Waals surface area contributed by atoms with Gasteiger partial charge in [-0.25, -0.2) is 18.6 Å². The molecule has 5 aromatic carbocycles. The van der Waals surface area contributed by atoms with Crippen LogP contribution < -0.4 is 40.0 Å². The SMILES string of the molecule is Clc1ccc(Sc2oc(-c3ccccc3)nc2[P+](c2ccccc2)(c2ccccc2)c2ccccc2)cc1.[O-][Cl+3]([O-])([O-])[O-]. The van der Waals surface area contributed by atoms with E-state index in [1.165, 1.54) is 15.9 Å². The van der Waals surface area contributed by atoms with Gasteiger partial charge in [0, 0.05) is 15.5 Å².